The van der Waals surface area contributed by atoms with Gasteiger partial charge in [-0.05, 0) is 24.6 Å². The predicted octanol–water partition coefficient (Wildman–Crippen LogP) is 1.47. The summed E-state index contributed by atoms with van der Waals surface area (Å²) in [5, 5.41) is 3.23. The number of hydrogen-bond donors (Lipinski definition) is 1. The molecular formula is C19H19ClFN3O3. The number of nitrogens with zero attached hydrogens (tertiary/aromatic N) is 2. The van der Waals surface area contributed by atoms with Gasteiger partial charge in [0.1, 0.15) is 12.4 Å². The Hall–Kier alpha value is -2.30. The molecule has 0 unspecified atom stereocenters. The lowest BCUT2D eigenvalue weighted by atomic mass is 9.99. The van der Waals surface area contributed by atoms with Crippen LogP contribution in [0.3, 0.4) is 0 Å². The highest BCUT2D eigenvalue weighted by atomic mass is 35.5. The second-order valence-corrected chi connectivity index (χ2v) is 7.47. The number of morpholine rings is 1. The third-order valence-corrected chi connectivity index (χ3v) is 5.32. The van der Waals surface area contributed by atoms with Gasteiger partial charge in [-0.2, -0.15) is 0 Å². The minimum Gasteiger partial charge on any atom is -0.366 e. The van der Waals surface area contributed by atoms with Gasteiger partial charge in [0.05, 0.1) is 23.6 Å². The minimum atomic E-state index is -0.443. The van der Waals surface area contributed by atoms with Gasteiger partial charge < -0.3 is 19.9 Å². The highest BCUT2D eigenvalue weighted by Crippen LogP contribution is 2.22. The number of halogens is 2. The minimum absolute atomic E-state index is 0.0176. The summed E-state index contributed by atoms with van der Waals surface area (Å²) in [6, 6.07) is 4.19. The van der Waals surface area contributed by atoms with Gasteiger partial charge >= 0.3 is 6.03 Å². The summed E-state index contributed by atoms with van der Waals surface area (Å²) in [7, 11) is 0. The molecule has 3 saturated heterocycles. The van der Waals surface area contributed by atoms with E-state index in [0.29, 0.717) is 43.2 Å². The van der Waals surface area contributed by atoms with Gasteiger partial charge in [0.15, 0.2) is 0 Å². The number of likely N-dealkylation sites (tertiary alicyclic amines) is 2. The smallest absolute Gasteiger partial charge is 0.320 e. The molecule has 1 N–H and O–H groups in total. The van der Waals surface area contributed by atoms with Crippen molar-refractivity contribution in [2.75, 3.05) is 32.8 Å². The first-order valence-corrected chi connectivity index (χ1v) is 9.29. The van der Waals surface area contributed by atoms with Crippen molar-refractivity contribution in [1.29, 1.82) is 0 Å². The largest absolute Gasteiger partial charge is 0.366 e. The molecule has 2 atom stereocenters. The van der Waals surface area contributed by atoms with Crippen LogP contribution in [-0.4, -0.2) is 66.7 Å². The normalized spacial score (nSPS) is 25.0. The van der Waals surface area contributed by atoms with Crippen molar-refractivity contribution in [3.05, 3.63) is 34.6 Å². The number of nitrogens with one attached hydrogen (secondary N) is 1. The number of carbonyl (C=O) groups excluding carboxylic acids is 2. The number of ether oxygens (including phenoxy) is 1. The Morgan fingerprint density at radius 2 is 2.11 bits per heavy atom. The van der Waals surface area contributed by atoms with Crippen molar-refractivity contribution in [3.8, 4) is 11.8 Å². The maximum Gasteiger partial charge on any atom is 0.320 e. The third kappa shape index (κ3) is 3.87. The average Bonchev–Trinajstić information content (AvgIpc) is 2.61. The second kappa shape index (κ2) is 7.37. The van der Waals surface area contributed by atoms with Crippen molar-refractivity contribution in [2.24, 2.45) is 5.92 Å². The molecule has 27 heavy (non-hydrogen) atoms. The molecule has 4 rings (SSSR count). The van der Waals surface area contributed by atoms with Gasteiger partial charge in [-0.25, -0.2) is 9.18 Å². The van der Waals surface area contributed by atoms with E-state index in [2.05, 4.69) is 17.2 Å². The molecule has 0 saturated carbocycles. The van der Waals surface area contributed by atoms with E-state index in [4.69, 9.17) is 16.3 Å². The van der Waals surface area contributed by atoms with Crippen LogP contribution < -0.4 is 5.32 Å². The summed E-state index contributed by atoms with van der Waals surface area (Å²) in [6.45, 7) is 2.20. The van der Waals surface area contributed by atoms with Crippen LogP contribution in [0.15, 0.2) is 18.2 Å². The molecule has 0 radical (unpaired) electrons. The molecule has 3 aliphatic heterocycles. The van der Waals surface area contributed by atoms with Gasteiger partial charge in [0, 0.05) is 31.2 Å². The van der Waals surface area contributed by atoms with E-state index in [1.165, 1.54) is 6.07 Å². The zero-order valence-corrected chi connectivity index (χ0v) is 15.3. The Morgan fingerprint density at radius 3 is 2.89 bits per heavy atom. The lowest BCUT2D eigenvalue weighted by Gasteiger charge is -2.45. The summed E-state index contributed by atoms with van der Waals surface area (Å²) in [5.74, 6) is 5.28. The number of rotatable bonds is 0. The number of piperidine rings is 1. The fourth-order valence-electron chi connectivity index (χ4n) is 3.57. The van der Waals surface area contributed by atoms with E-state index in [0.717, 1.165) is 0 Å². The number of amides is 3. The maximum absolute atomic E-state index is 13.7. The molecule has 1 aromatic carbocycles. The van der Waals surface area contributed by atoms with Gasteiger partial charge in [0.2, 0.25) is 5.91 Å². The lowest BCUT2D eigenvalue weighted by Crippen LogP contribution is -2.64. The molecule has 0 bridgehead atoms. The highest BCUT2D eigenvalue weighted by Gasteiger charge is 2.39. The fraction of sp³-hybridized carbons (Fsp3) is 0.474. The molecule has 1 aromatic rings. The van der Waals surface area contributed by atoms with Crippen LogP contribution in [0.1, 0.15) is 12.0 Å². The van der Waals surface area contributed by atoms with E-state index in [1.54, 1.807) is 21.9 Å². The third-order valence-electron chi connectivity index (χ3n) is 5.09. The molecular weight excluding hydrogens is 373 g/mol. The maximum atomic E-state index is 13.7. The Labute approximate surface area is 161 Å². The second-order valence-electron chi connectivity index (χ2n) is 7.04. The van der Waals surface area contributed by atoms with Crippen LogP contribution in [0.2, 0.25) is 5.02 Å². The fourth-order valence-corrected chi connectivity index (χ4v) is 3.73. The highest BCUT2D eigenvalue weighted by molar-refractivity contribution is 6.30. The van der Waals surface area contributed by atoms with E-state index >= 15 is 0 Å². The molecule has 3 heterocycles. The Morgan fingerprint density at radius 1 is 1.30 bits per heavy atom. The Bertz CT molecular complexity index is 831. The summed E-state index contributed by atoms with van der Waals surface area (Å²) < 4.78 is 19.2. The standard InChI is InChI=1S/C19H19ClFN3O3/c20-14-4-3-13(15(21)7-14)2-1-12-8-24(9-12)19(26)23-6-5-17-16(10-23)22-18(25)11-27-17/h3-4,7,12,16-17H,5-6,8-11H2,(H,22,25)/t16-,17+/m1/s1. The number of urea groups is 1. The van der Waals surface area contributed by atoms with Gasteiger partial charge in [-0.15, -0.1) is 0 Å². The number of benzene rings is 1. The molecule has 3 fully saturated rings. The number of hydrogen-bond acceptors (Lipinski definition) is 3. The van der Waals surface area contributed by atoms with E-state index < -0.39 is 5.82 Å². The van der Waals surface area contributed by atoms with Crippen molar-refractivity contribution in [1.82, 2.24) is 15.1 Å². The molecule has 0 aliphatic carbocycles. The molecule has 0 spiro atoms. The van der Waals surface area contributed by atoms with Crippen molar-refractivity contribution in [3.63, 3.8) is 0 Å². The quantitative estimate of drug-likeness (QED) is 0.681. The van der Waals surface area contributed by atoms with Crippen molar-refractivity contribution < 1.29 is 18.7 Å². The molecule has 3 aliphatic rings. The summed E-state index contributed by atoms with van der Waals surface area (Å²) >= 11 is 5.73. The first-order valence-electron chi connectivity index (χ1n) is 8.91. The van der Waals surface area contributed by atoms with E-state index in [9.17, 15) is 14.0 Å². The van der Waals surface area contributed by atoms with Gasteiger partial charge in [-0.1, -0.05) is 23.4 Å². The molecule has 142 valence electrons. The van der Waals surface area contributed by atoms with Crippen LogP contribution in [-0.2, 0) is 9.53 Å². The van der Waals surface area contributed by atoms with Crippen LogP contribution >= 0.6 is 11.6 Å². The first kappa shape index (κ1) is 18.1. The topological polar surface area (TPSA) is 61.9 Å². The zero-order valence-electron chi connectivity index (χ0n) is 14.6. The van der Waals surface area contributed by atoms with E-state index in [-0.39, 0.29) is 36.6 Å². The summed E-state index contributed by atoms with van der Waals surface area (Å²) in [4.78, 5) is 27.6. The molecule has 3 amide bonds. The van der Waals surface area contributed by atoms with Crippen molar-refractivity contribution >= 4 is 23.5 Å². The number of fused-ring (bicyclic) bond motifs is 1. The zero-order chi connectivity index (χ0) is 19.0. The molecule has 6 nitrogen and oxygen atoms in total. The molecule has 8 heteroatoms. The Kier molecular flexibility index (Phi) is 4.94. The van der Waals surface area contributed by atoms with Gasteiger partial charge in [0.25, 0.3) is 0 Å². The SMILES string of the molecule is O=C1CO[C@H]2CCN(C(=O)N3CC(C#Cc4ccc(Cl)cc4F)C3)C[C@H]2N1. The van der Waals surface area contributed by atoms with Crippen LogP contribution in [0.4, 0.5) is 9.18 Å². The monoisotopic (exact) mass is 391 g/mol. The number of carbonyl (C=O) groups is 2. The Balaban J connectivity index is 1.30. The van der Waals surface area contributed by atoms with Gasteiger partial charge in [-0.3, -0.25) is 4.79 Å². The van der Waals surface area contributed by atoms with Crippen LogP contribution in [0.25, 0.3) is 0 Å². The first-order chi connectivity index (χ1) is 13.0. The molecule has 0 aromatic heterocycles. The van der Waals surface area contributed by atoms with Crippen molar-refractivity contribution in [2.45, 2.75) is 18.6 Å². The lowest BCUT2D eigenvalue weighted by molar-refractivity contribution is -0.139. The summed E-state index contributed by atoms with van der Waals surface area (Å²) in [5.41, 5.74) is 0.305. The van der Waals surface area contributed by atoms with Crippen LogP contribution in [0.5, 0.6) is 0 Å². The van der Waals surface area contributed by atoms with E-state index in [1.807, 2.05) is 0 Å². The predicted molar refractivity (Wildman–Crippen MR) is 96.6 cm³/mol. The average molecular weight is 392 g/mol. The van der Waals surface area contributed by atoms with Crippen LogP contribution in [0, 0.1) is 23.6 Å². The summed E-state index contributed by atoms with van der Waals surface area (Å²) in [6.07, 6.45) is 0.694.